The van der Waals surface area contributed by atoms with Crippen LogP contribution in [0.1, 0.15) is 50.6 Å². The molecule has 0 saturated carbocycles. The van der Waals surface area contributed by atoms with Crippen molar-refractivity contribution in [3.8, 4) is 0 Å². The minimum absolute atomic E-state index is 0.208. The summed E-state index contributed by atoms with van der Waals surface area (Å²) in [6, 6.07) is 6.95. The number of nitrogens with one attached hydrogen (secondary N) is 1. The van der Waals surface area contributed by atoms with Crippen molar-refractivity contribution in [2.45, 2.75) is 32.2 Å². The van der Waals surface area contributed by atoms with Crippen molar-refractivity contribution in [1.29, 1.82) is 0 Å². The van der Waals surface area contributed by atoms with Crippen molar-refractivity contribution >= 4 is 29.0 Å². The number of pyridine rings is 1. The van der Waals surface area contributed by atoms with Gasteiger partial charge < -0.3 is 15.3 Å². The first-order valence-electron chi connectivity index (χ1n) is 8.45. The van der Waals surface area contributed by atoms with Crippen LogP contribution in [-0.4, -0.2) is 35.1 Å². The van der Waals surface area contributed by atoms with Gasteiger partial charge in [-0.1, -0.05) is 12.8 Å². The van der Waals surface area contributed by atoms with Crippen LogP contribution in [0.15, 0.2) is 30.5 Å². The first kappa shape index (κ1) is 17.4. The monoisotopic (exact) mass is 359 g/mol. The molecule has 0 aliphatic carbocycles. The second-order valence-corrected chi connectivity index (χ2v) is 7.23. The number of carbonyl (C=O) groups is 2. The third-order valence-corrected chi connectivity index (χ3v) is 5.31. The number of carbonyl (C=O) groups excluding carboxylic acids is 1. The number of nitrogens with zero attached hydrogens (tertiary/aromatic N) is 2. The maximum Gasteiger partial charge on any atom is 0.345 e. The van der Waals surface area contributed by atoms with E-state index in [1.54, 1.807) is 24.4 Å². The van der Waals surface area contributed by atoms with Crippen LogP contribution in [0.2, 0.25) is 0 Å². The third-order valence-electron chi connectivity index (χ3n) is 4.24. The Morgan fingerprint density at radius 3 is 2.48 bits per heavy atom. The van der Waals surface area contributed by atoms with E-state index in [-0.39, 0.29) is 10.8 Å². The van der Waals surface area contributed by atoms with Crippen molar-refractivity contribution in [2.75, 3.05) is 18.0 Å². The molecule has 2 aromatic heterocycles. The van der Waals surface area contributed by atoms with Crippen LogP contribution in [0.5, 0.6) is 0 Å². The van der Waals surface area contributed by atoms with Gasteiger partial charge in [0, 0.05) is 24.2 Å². The second-order valence-electron chi connectivity index (χ2n) is 6.06. The zero-order valence-corrected chi connectivity index (χ0v) is 14.7. The Kier molecular flexibility index (Phi) is 5.65. The third kappa shape index (κ3) is 4.57. The number of carboxylic acid groups (broad SMARTS) is 1. The molecule has 132 valence electrons. The smallest absolute Gasteiger partial charge is 0.345 e. The molecule has 25 heavy (non-hydrogen) atoms. The molecule has 2 aromatic rings. The second kappa shape index (κ2) is 8.11. The standard InChI is InChI=1S/C18H21N3O3S/c22-17(20-12-14-6-7-15(25-14)18(23)24)13-5-8-16(19-11-13)21-9-3-1-2-4-10-21/h5-8,11H,1-4,9-10,12H2,(H,20,22)(H,23,24). The van der Waals surface area contributed by atoms with Gasteiger partial charge in [0.25, 0.3) is 5.91 Å². The van der Waals surface area contributed by atoms with Crippen molar-refractivity contribution in [1.82, 2.24) is 10.3 Å². The van der Waals surface area contributed by atoms with Crippen molar-refractivity contribution in [3.05, 3.63) is 45.8 Å². The average Bonchev–Trinajstić information content (AvgIpc) is 2.94. The number of aromatic carboxylic acids is 1. The van der Waals surface area contributed by atoms with E-state index in [0.717, 1.165) is 35.1 Å². The lowest BCUT2D eigenvalue weighted by molar-refractivity contribution is 0.0702. The summed E-state index contributed by atoms with van der Waals surface area (Å²) in [5.41, 5.74) is 0.508. The Morgan fingerprint density at radius 1 is 1.12 bits per heavy atom. The molecule has 1 saturated heterocycles. The maximum absolute atomic E-state index is 12.2. The molecule has 3 heterocycles. The number of carboxylic acids is 1. The van der Waals surface area contributed by atoms with E-state index in [4.69, 9.17) is 5.11 Å². The fraction of sp³-hybridized carbons (Fsp3) is 0.389. The average molecular weight is 359 g/mol. The molecule has 0 radical (unpaired) electrons. The highest BCUT2D eigenvalue weighted by atomic mass is 32.1. The summed E-state index contributed by atoms with van der Waals surface area (Å²) in [6.07, 6.45) is 6.51. The Labute approximate surface area is 150 Å². The minimum atomic E-state index is -0.948. The summed E-state index contributed by atoms with van der Waals surface area (Å²) in [5.74, 6) is -0.237. The molecule has 1 fully saturated rings. The van der Waals surface area contributed by atoms with Gasteiger partial charge in [0.15, 0.2) is 0 Å². The molecule has 0 bridgehead atoms. The number of thiophene rings is 1. The largest absolute Gasteiger partial charge is 0.477 e. The van der Waals surface area contributed by atoms with Crippen molar-refractivity contribution < 1.29 is 14.7 Å². The molecular weight excluding hydrogens is 338 g/mol. The zero-order valence-electron chi connectivity index (χ0n) is 13.9. The highest BCUT2D eigenvalue weighted by Crippen LogP contribution is 2.18. The minimum Gasteiger partial charge on any atom is -0.477 e. The number of hydrogen-bond acceptors (Lipinski definition) is 5. The Balaban J connectivity index is 1.57. The molecule has 0 atom stereocenters. The highest BCUT2D eigenvalue weighted by molar-refractivity contribution is 7.13. The first-order chi connectivity index (χ1) is 12.1. The van der Waals surface area contributed by atoms with Gasteiger partial charge in [0.05, 0.1) is 12.1 Å². The van der Waals surface area contributed by atoms with Crippen LogP contribution in [0.25, 0.3) is 0 Å². The van der Waals surface area contributed by atoms with E-state index in [0.29, 0.717) is 12.1 Å². The molecule has 7 heteroatoms. The van der Waals surface area contributed by atoms with Crippen LogP contribution in [0, 0.1) is 0 Å². The maximum atomic E-state index is 12.2. The summed E-state index contributed by atoms with van der Waals surface area (Å²) < 4.78 is 0. The fourth-order valence-electron chi connectivity index (χ4n) is 2.86. The molecule has 1 amide bonds. The van der Waals surface area contributed by atoms with Gasteiger partial charge in [0.2, 0.25) is 0 Å². The zero-order chi connectivity index (χ0) is 17.6. The van der Waals surface area contributed by atoms with E-state index >= 15 is 0 Å². The molecule has 0 aromatic carbocycles. The number of aromatic nitrogens is 1. The predicted octanol–water partition coefficient (Wildman–Crippen LogP) is 3.15. The molecule has 6 nitrogen and oxygen atoms in total. The van der Waals surface area contributed by atoms with Crippen LogP contribution in [-0.2, 0) is 6.54 Å². The lowest BCUT2D eigenvalue weighted by Crippen LogP contribution is -2.26. The summed E-state index contributed by atoms with van der Waals surface area (Å²) in [5, 5.41) is 11.7. The van der Waals surface area contributed by atoms with Gasteiger partial charge >= 0.3 is 5.97 Å². The van der Waals surface area contributed by atoms with Crippen LogP contribution in [0.4, 0.5) is 5.82 Å². The highest BCUT2D eigenvalue weighted by Gasteiger charge is 2.13. The molecule has 1 aliphatic heterocycles. The van der Waals surface area contributed by atoms with E-state index in [1.807, 2.05) is 6.07 Å². The molecule has 3 rings (SSSR count). The number of hydrogen-bond donors (Lipinski definition) is 2. The van der Waals surface area contributed by atoms with Gasteiger partial charge in [-0.05, 0) is 37.1 Å². The van der Waals surface area contributed by atoms with Crippen LogP contribution < -0.4 is 10.2 Å². The van der Waals surface area contributed by atoms with Gasteiger partial charge in [-0.3, -0.25) is 4.79 Å². The Morgan fingerprint density at radius 2 is 1.88 bits per heavy atom. The van der Waals surface area contributed by atoms with Crippen molar-refractivity contribution in [2.24, 2.45) is 0 Å². The first-order valence-corrected chi connectivity index (χ1v) is 9.26. The Bertz CT molecular complexity index is 734. The summed E-state index contributed by atoms with van der Waals surface area (Å²) in [7, 11) is 0. The SMILES string of the molecule is O=C(NCc1ccc(C(=O)O)s1)c1ccc(N2CCCCCC2)nc1. The summed E-state index contributed by atoms with van der Waals surface area (Å²) >= 11 is 1.16. The van der Waals surface area contributed by atoms with E-state index in [2.05, 4.69) is 15.2 Å². The van der Waals surface area contributed by atoms with E-state index in [1.165, 1.54) is 25.7 Å². The van der Waals surface area contributed by atoms with Gasteiger partial charge in [-0.15, -0.1) is 11.3 Å². The normalized spacial score (nSPS) is 14.8. The fourth-order valence-corrected chi connectivity index (χ4v) is 3.65. The summed E-state index contributed by atoms with van der Waals surface area (Å²) in [4.78, 5) is 30.9. The van der Waals surface area contributed by atoms with E-state index < -0.39 is 5.97 Å². The lowest BCUT2D eigenvalue weighted by atomic mass is 10.2. The predicted molar refractivity (Wildman–Crippen MR) is 97.4 cm³/mol. The van der Waals surface area contributed by atoms with Crippen LogP contribution >= 0.6 is 11.3 Å². The number of anilines is 1. The molecular formula is C18H21N3O3S. The topological polar surface area (TPSA) is 82.5 Å². The van der Waals surface area contributed by atoms with Crippen molar-refractivity contribution in [3.63, 3.8) is 0 Å². The molecule has 0 spiro atoms. The Hall–Kier alpha value is -2.41. The molecule has 0 unspecified atom stereocenters. The number of rotatable bonds is 5. The van der Waals surface area contributed by atoms with Gasteiger partial charge in [-0.25, -0.2) is 9.78 Å². The van der Waals surface area contributed by atoms with Gasteiger partial charge in [0.1, 0.15) is 10.7 Å². The van der Waals surface area contributed by atoms with E-state index in [9.17, 15) is 9.59 Å². The van der Waals surface area contributed by atoms with Crippen LogP contribution in [0.3, 0.4) is 0 Å². The number of amides is 1. The quantitative estimate of drug-likeness (QED) is 0.857. The summed E-state index contributed by atoms with van der Waals surface area (Å²) in [6.45, 7) is 2.34. The molecule has 1 aliphatic rings. The molecule has 2 N–H and O–H groups in total. The van der Waals surface area contributed by atoms with Gasteiger partial charge in [-0.2, -0.15) is 0 Å². The lowest BCUT2D eigenvalue weighted by Gasteiger charge is -2.21.